The molecule has 0 aliphatic carbocycles. The van der Waals surface area contributed by atoms with E-state index in [1.807, 2.05) is 19.9 Å². The van der Waals surface area contributed by atoms with Crippen molar-refractivity contribution in [3.05, 3.63) is 34.1 Å². The lowest BCUT2D eigenvalue weighted by Crippen LogP contribution is -2.16. The zero-order valence-corrected chi connectivity index (χ0v) is 12.6. The van der Waals surface area contributed by atoms with E-state index in [2.05, 4.69) is 21.2 Å². The minimum atomic E-state index is -0.209. The first-order valence-electron chi connectivity index (χ1n) is 6.36. The van der Waals surface area contributed by atoms with Crippen molar-refractivity contribution in [3.8, 4) is 0 Å². The number of unbranched alkanes of at least 4 members (excludes halogenated alkanes) is 1. The van der Waals surface area contributed by atoms with Gasteiger partial charge < -0.3 is 10.1 Å². The van der Waals surface area contributed by atoms with Crippen LogP contribution in [0.4, 0.5) is 4.39 Å². The highest BCUT2D eigenvalue weighted by Gasteiger charge is 2.03. The summed E-state index contributed by atoms with van der Waals surface area (Å²) < 4.78 is 19.3. The first-order chi connectivity index (χ1) is 8.61. The van der Waals surface area contributed by atoms with Crippen LogP contribution in [0.25, 0.3) is 0 Å². The summed E-state index contributed by atoms with van der Waals surface area (Å²) in [6.45, 7) is 6.50. The molecule has 1 rings (SSSR count). The quantitative estimate of drug-likeness (QED) is 0.735. The van der Waals surface area contributed by atoms with Crippen molar-refractivity contribution in [1.82, 2.24) is 5.32 Å². The van der Waals surface area contributed by atoms with Gasteiger partial charge in [-0.2, -0.15) is 0 Å². The fraction of sp³-hybridized carbons (Fsp3) is 0.571. The first-order valence-corrected chi connectivity index (χ1v) is 7.15. The van der Waals surface area contributed by atoms with Gasteiger partial charge >= 0.3 is 0 Å². The molecule has 1 aromatic carbocycles. The molecule has 0 unspecified atom stereocenters. The third-order valence-corrected chi connectivity index (χ3v) is 3.43. The predicted molar refractivity (Wildman–Crippen MR) is 76.1 cm³/mol. The molecule has 0 atom stereocenters. The van der Waals surface area contributed by atoms with E-state index in [0.29, 0.717) is 17.1 Å². The van der Waals surface area contributed by atoms with Gasteiger partial charge in [0.05, 0.1) is 10.6 Å². The lowest BCUT2D eigenvalue weighted by Gasteiger charge is -2.09. The van der Waals surface area contributed by atoms with Crippen LogP contribution in [-0.2, 0) is 11.3 Å². The molecule has 0 spiro atoms. The maximum Gasteiger partial charge on any atom is 0.137 e. The molecular formula is C14H21BrFNO. The van der Waals surface area contributed by atoms with E-state index < -0.39 is 0 Å². The zero-order valence-electron chi connectivity index (χ0n) is 11.0. The Bertz CT molecular complexity index is 358. The van der Waals surface area contributed by atoms with Crippen molar-refractivity contribution in [2.45, 2.75) is 39.3 Å². The predicted octanol–water partition coefficient (Wildman–Crippen LogP) is 3.88. The largest absolute Gasteiger partial charge is 0.379 e. The van der Waals surface area contributed by atoms with Gasteiger partial charge in [-0.05, 0) is 60.8 Å². The molecule has 0 heterocycles. The summed E-state index contributed by atoms with van der Waals surface area (Å²) in [5.41, 5.74) is 0.952. The molecule has 102 valence electrons. The summed E-state index contributed by atoms with van der Waals surface area (Å²) in [4.78, 5) is 0. The van der Waals surface area contributed by atoms with E-state index in [1.165, 1.54) is 6.07 Å². The average molecular weight is 318 g/mol. The van der Waals surface area contributed by atoms with Crippen molar-refractivity contribution in [3.63, 3.8) is 0 Å². The van der Waals surface area contributed by atoms with E-state index in [-0.39, 0.29) is 5.82 Å². The van der Waals surface area contributed by atoms with Crippen LogP contribution >= 0.6 is 15.9 Å². The summed E-state index contributed by atoms with van der Waals surface area (Å²) in [7, 11) is 0. The second kappa shape index (κ2) is 8.62. The van der Waals surface area contributed by atoms with Gasteiger partial charge in [0, 0.05) is 13.2 Å². The Morgan fingerprint density at radius 2 is 2.11 bits per heavy atom. The molecule has 0 fully saturated rings. The van der Waals surface area contributed by atoms with Crippen LogP contribution in [0, 0.1) is 5.82 Å². The number of halogens is 2. The summed E-state index contributed by atoms with van der Waals surface area (Å²) in [5, 5.41) is 3.31. The zero-order chi connectivity index (χ0) is 13.4. The molecule has 2 nitrogen and oxygen atoms in total. The molecule has 0 saturated heterocycles. The molecule has 0 saturated carbocycles. The van der Waals surface area contributed by atoms with Gasteiger partial charge in [-0.15, -0.1) is 0 Å². The summed E-state index contributed by atoms with van der Waals surface area (Å²) in [6.07, 6.45) is 2.43. The lowest BCUT2D eigenvalue weighted by atomic mass is 10.2. The second-order valence-electron chi connectivity index (χ2n) is 4.52. The highest BCUT2D eigenvalue weighted by atomic mass is 79.9. The fourth-order valence-corrected chi connectivity index (χ4v) is 1.98. The van der Waals surface area contributed by atoms with E-state index in [9.17, 15) is 4.39 Å². The van der Waals surface area contributed by atoms with Crippen LogP contribution in [0.15, 0.2) is 22.7 Å². The summed E-state index contributed by atoms with van der Waals surface area (Å²) >= 11 is 3.26. The number of ether oxygens (including phenoxy) is 1. The van der Waals surface area contributed by atoms with Gasteiger partial charge in [0.1, 0.15) is 5.82 Å². The third-order valence-electron chi connectivity index (χ3n) is 2.55. The molecule has 1 N–H and O–H groups in total. The number of hydrogen-bond donors (Lipinski definition) is 1. The second-order valence-corrected chi connectivity index (χ2v) is 5.31. The molecule has 0 aliphatic rings. The van der Waals surface area contributed by atoms with Crippen molar-refractivity contribution in [2.24, 2.45) is 0 Å². The van der Waals surface area contributed by atoms with Crippen molar-refractivity contribution >= 4 is 15.9 Å². The topological polar surface area (TPSA) is 21.3 Å². The van der Waals surface area contributed by atoms with Crippen molar-refractivity contribution < 1.29 is 9.13 Å². The Morgan fingerprint density at radius 1 is 1.33 bits per heavy atom. The third kappa shape index (κ3) is 5.94. The highest BCUT2D eigenvalue weighted by Crippen LogP contribution is 2.19. The molecule has 0 aliphatic heterocycles. The fourth-order valence-electron chi connectivity index (χ4n) is 1.58. The van der Waals surface area contributed by atoms with Gasteiger partial charge in [0.15, 0.2) is 0 Å². The molecular weight excluding hydrogens is 297 g/mol. The minimum Gasteiger partial charge on any atom is -0.379 e. The minimum absolute atomic E-state index is 0.209. The Hall–Kier alpha value is -0.450. The van der Waals surface area contributed by atoms with Gasteiger partial charge in [-0.1, -0.05) is 12.1 Å². The normalized spacial score (nSPS) is 11.2. The van der Waals surface area contributed by atoms with Crippen molar-refractivity contribution in [2.75, 3.05) is 13.2 Å². The summed E-state index contributed by atoms with van der Waals surface area (Å²) in [6, 6.07) is 5.10. The van der Waals surface area contributed by atoms with Gasteiger partial charge in [-0.25, -0.2) is 4.39 Å². The molecule has 18 heavy (non-hydrogen) atoms. The average Bonchev–Trinajstić information content (AvgIpc) is 2.32. The molecule has 0 radical (unpaired) electrons. The number of benzene rings is 1. The maximum atomic E-state index is 13.2. The molecule has 0 amide bonds. The first kappa shape index (κ1) is 15.6. The van der Waals surface area contributed by atoms with Crippen LogP contribution in [0.5, 0.6) is 0 Å². The van der Waals surface area contributed by atoms with E-state index in [1.54, 1.807) is 6.07 Å². The number of nitrogens with one attached hydrogen (secondary N) is 1. The number of rotatable bonds is 8. The van der Waals surface area contributed by atoms with Crippen LogP contribution < -0.4 is 5.32 Å². The Labute approximate surface area is 117 Å². The smallest absolute Gasteiger partial charge is 0.137 e. The molecule has 1 aromatic rings. The van der Waals surface area contributed by atoms with Crippen LogP contribution in [0.2, 0.25) is 0 Å². The van der Waals surface area contributed by atoms with Crippen LogP contribution in [0.1, 0.15) is 32.3 Å². The van der Waals surface area contributed by atoms with Gasteiger partial charge in [0.2, 0.25) is 0 Å². The Balaban J connectivity index is 2.13. The highest BCUT2D eigenvalue weighted by molar-refractivity contribution is 9.10. The molecule has 0 bridgehead atoms. The number of hydrogen-bond acceptors (Lipinski definition) is 2. The van der Waals surface area contributed by atoms with Crippen molar-refractivity contribution in [1.29, 1.82) is 0 Å². The summed E-state index contributed by atoms with van der Waals surface area (Å²) in [5.74, 6) is -0.209. The van der Waals surface area contributed by atoms with E-state index in [0.717, 1.165) is 31.6 Å². The molecule has 4 heteroatoms. The van der Waals surface area contributed by atoms with Gasteiger partial charge in [-0.3, -0.25) is 0 Å². The lowest BCUT2D eigenvalue weighted by molar-refractivity contribution is 0.0760. The maximum absolute atomic E-state index is 13.2. The SMILES string of the molecule is CC(C)OCCCCNCc1cccc(F)c1Br. The van der Waals surface area contributed by atoms with E-state index >= 15 is 0 Å². The monoisotopic (exact) mass is 317 g/mol. The Kier molecular flexibility index (Phi) is 7.47. The van der Waals surface area contributed by atoms with Gasteiger partial charge in [0.25, 0.3) is 0 Å². The van der Waals surface area contributed by atoms with Crippen LogP contribution in [-0.4, -0.2) is 19.3 Å². The standard InChI is InChI=1S/C14H21BrFNO/c1-11(2)18-9-4-3-8-17-10-12-6-5-7-13(16)14(12)15/h5-7,11,17H,3-4,8-10H2,1-2H3. The Morgan fingerprint density at radius 3 is 2.83 bits per heavy atom. The van der Waals surface area contributed by atoms with E-state index in [4.69, 9.17) is 4.74 Å². The van der Waals surface area contributed by atoms with Crippen LogP contribution in [0.3, 0.4) is 0 Å². The molecule has 0 aromatic heterocycles.